The number of aromatic nitrogens is 2. The van der Waals surface area contributed by atoms with Gasteiger partial charge < -0.3 is 24.9 Å². The zero-order chi connectivity index (χ0) is 16.2. The molecule has 1 fully saturated rings. The lowest BCUT2D eigenvalue weighted by Crippen LogP contribution is -2.26. The number of aromatic amines is 2. The van der Waals surface area contributed by atoms with Crippen LogP contribution >= 0.6 is 0 Å². The molecule has 23 heavy (non-hydrogen) atoms. The number of likely N-dealkylation sites (tertiary alicyclic amines) is 1. The fourth-order valence-electron chi connectivity index (χ4n) is 3.08. The number of amides is 1. The van der Waals surface area contributed by atoms with Gasteiger partial charge in [-0.15, -0.1) is 0 Å². The first kappa shape index (κ1) is 15.8. The number of imidazole rings is 1. The van der Waals surface area contributed by atoms with Crippen molar-refractivity contribution in [1.29, 1.82) is 0 Å². The predicted octanol–water partition coefficient (Wildman–Crippen LogP) is 1.15. The van der Waals surface area contributed by atoms with Crippen LogP contribution in [0.15, 0.2) is 23.0 Å². The molecule has 2 heterocycles. The van der Waals surface area contributed by atoms with E-state index in [0.29, 0.717) is 23.5 Å². The summed E-state index contributed by atoms with van der Waals surface area (Å²) in [6, 6.07) is 5.32. The van der Waals surface area contributed by atoms with Crippen LogP contribution in [-0.4, -0.2) is 54.1 Å². The van der Waals surface area contributed by atoms with Crippen molar-refractivity contribution in [2.24, 2.45) is 5.92 Å². The minimum absolute atomic E-state index is 0.0163. The Bertz CT molecular complexity index is 736. The van der Waals surface area contributed by atoms with Crippen LogP contribution in [0.2, 0.25) is 0 Å². The van der Waals surface area contributed by atoms with Gasteiger partial charge in [0.2, 0.25) is 5.91 Å². The SMILES string of the molecule is COC[C@H]1CCN(CCC(=O)Nc2ccc3[nH]c(=O)[nH]c3c2)C1. The van der Waals surface area contributed by atoms with Gasteiger partial charge in [0.15, 0.2) is 0 Å². The highest BCUT2D eigenvalue weighted by atomic mass is 16.5. The first-order valence-electron chi connectivity index (χ1n) is 7.87. The van der Waals surface area contributed by atoms with Crippen molar-refractivity contribution < 1.29 is 9.53 Å². The van der Waals surface area contributed by atoms with Gasteiger partial charge in [0, 0.05) is 32.3 Å². The lowest BCUT2D eigenvalue weighted by molar-refractivity contribution is -0.116. The summed E-state index contributed by atoms with van der Waals surface area (Å²) in [4.78, 5) is 31.0. The summed E-state index contributed by atoms with van der Waals surface area (Å²) in [6.07, 6.45) is 1.59. The third kappa shape index (κ3) is 4.00. The van der Waals surface area contributed by atoms with E-state index < -0.39 is 0 Å². The maximum absolute atomic E-state index is 12.1. The van der Waals surface area contributed by atoms with Crippen LogP contribution in [0, 0.1) is 5.92 Å². The maximum Gasteiger partial charge on any atom is 0.323 e. The van der Waals surface area contributed by atoms with Crippen molar-refractivity contribution in [3.8, 4) is 0 Å². The maximum atomic E-state index is 12.1. The average Bonchev–Trinajstić information content (AvgIpc) is 3.10. The molecule has 1 aliphatic heterocycles. The molecule has 2 aromatic rings. The Kier molecular flexibility index (Phi) is 4.78. The molecule has 7 nitrogen and oxygen atoms in total. The van der Waals surface area contributed by atoms with E-state index >= 15 is 0 Å². The second kappa shape index (κ2) is 6.97. The third-order valence-electron chi connectivity index (χ3n) is 4.23. The number of hydrogen-bond acceptors (Lipinski definition) is 4. The van der Waals surface area contributed by atoms with Gasteiger partial charge in [-0.3, -0.25) is 4.79 Å². The smallest absolute Gasteiger partial charge is 0.323 e. The summed E-state index contributed by atoms with van der Waals surface area (Å²) >= 11 is 0. The van der Waals surface area contributed by atoms with Crippen LogP contribution in [0.1, 0.15) is 12.8 Å². The molecule has 1 aromatic heterocycles. The molecule has 0 aliphatic carbocycles. The highest BCUT2D eigenvalue weighted by Crippen LogP contribution is 2.17. The largest absolute Gasteiger partial charge is 0.384 e. The van der Waals surface area contributed by atoms with Crippen molar-refractivity contribution in [2.75, 3.05) is 38.7 Å². The number of rotatable bonds is 6. The van der Waals surface area contributed by atoms with Crippen LogP contribution in [0.25, 0.3) is 11.0 Å². The van der Waals surface area contributed by atoms with E-state index in [2.05, 4.69) is 20.2 Å². The minimum Gasteiger partial charge on any atom is -0.384 e. The Morgan fingerprint density at radius 2 is 2.22 bits per heavy atom. The Morgan fingerprint density at radius 3 is 3.04 bits per heavy atom. The van der Waals surface area contributed by atoms with Crippen molar-refractivity contribution in [3.05, 3.63) is 28.7 Å². The Hall–Kier alpha value is -2.12. The number of H-pyrrole nitrogens is 2. The molecular formula is C16H22N4O3. The highest BCUT2D eigenvalue weighted by molar-refractivity contribution is 5.93. The lowest BCUT2D eigenvalue weighted by Gasteiger charge is -2.15. The van der Waals surface area contributed by atoms with E-state index in [4.69, 9.17) is 4.74 Å². The number of carbonyl (C=O) groups is 1. The number of nitrogens with zero attached hydrogens (tertiary/aromatic N) is 1. The number of anilines is 1. The summed E-state index contributed by atoms with van der Waals surface area (Å²) < 4.78 is 5.18. The molecule has 124 valence electrons. The number of carbonyl (C=O) groups excluding carboxylic acids is 1. The molecule has 3 rings (SSSR count). The molecular weight excluding hydrogens is 296 g/mol. The van der Waals surface area contributed by atoms with Crippen molar-refractivity contribution in [1.82, 2.24) is 14.9 Å². The summed E-state index contributed by atoms with van der Waals surface area (Å²) in [5.74, 6) is 0.563. The third-order valence-corrected chi connectivity index (χ3v) is 4.23. The molecule has 7 heteroatoms. The van der Waals surface area contributed by atoms with E-state index in [0.717, 1.165) is 38.2 Å². The molecule has 1 aromatic carbocycles. The van der Waals surface area contributed by atoms with Crippen molar-refractivity contribution in [3.63, 3.8) is 0 Å². The van der Waals surface area contributed by atoms with Crippen LogP contribution in [0.3, 0.4) is 0 Å². The molecule has 1 amide bonds. The number of fused-ring (bicyclic) bond motifs is 1. The van der Waals surface area contributed by atoms with Crippen LogP contribution in [0.4, 0.5) is 5.69 Å². The van der Waals surface area contributed by atoms with Crippen molar-refractivity contribution in [2.45, 2.75) is 12.8 Å². The number of benzene rings is 1. The molecule has 0 radical (unpaired) electrons. The van der Waals surface area contributed by atoms with Crippen LogP contribution < -0.4 is 11.0 Å². The monoisotopic (exact) mass is 318 g/mol. The normalized spacial score (nSPS) is 18.6. The molecule has 0 spiro atoms. The highest BCUT2D eigenvalue weighted by Gasteiger charge is 2.22. The summed E-state index contributed by atoms with van der Waals surface area (Å²) in [5.41, 5.74) is 1.86. The Labute approximate surface area is 134 Å². The zero-order valence-electron chi connectivity index (χ0n) is 13.2. The quantitative estimate of drug-likeness (QED) is 0.745. The van der Waals surface area contributed by atoms with Gasteiger partial charge in [0.1, 0.15) is 0 Å². The number of methoxy groups -OCH3 is 1. The molecule has 1 aliphatic rings. The van der Waals surface area contributed by atoms with E-state index in [9.17, 15) is 9.59 Å². The Morgan fingerprint density at radius 1 is 1.39 bits per heavy atom. The second-order valence-electron chi connectivity index (χ2n) is 6.05. The van der Waals surface area contributed by atoms with E-state index in [1.807, 2.05) is 0 Å². The van der Waals surface area contributed by atoms with Crippen LogP contribution in [-0.2, 0) is 9.53 Å². The van der Waals surface area contributed by atoms with Gasteiger partial charge in [-0.05, 0) is 37.1 Å². The summed E-state index contributed by atoms with van der Waals surface area (Å²) in [7, 11) is 1.73. The fourth-order valence-corrected chi connectivity index (χ4v) is 3.08. The van der Waals surface area contributed by atoms with Gasteiger partial charge in [0.25, 0.3) is 0 Å². The van der Waals surface area contributed by atoms with Gasteiger partial charge in [-0.25, -0.2) is 4.79 Å². The molecule has 0 unspecified atom stereocenters. The minimum atomic E-state index is -0.247. The van der Waals surface area contributed by atoms with Gasteiger partial charge in [-0.2, -0.15) is 0 Å². The van der Waals surface area contributed by atoms with E-state index in [-0.39, 0.29) is 11.6 Å². The molecule has 1 atom stereocenters. The first-order valence-corrected chi connectivity index (χ1v) is 7.87. The average molecular weight is 318 g/mol. The molecule has 3 N–H and O–H groups in total. The predicted molar refractivity (Wildman–Crippen MR) is 88.6 cm³/mol. The lowest BCUT2D eigenvalue weighted by atomic mass is 10.1. The number of nitrogens with one attached hydrogen (secondary N) is 3. The van der Waals surface area contributed by atoms with E-state index in [1.54, 1.807) is 25.3 Å². The van der Waals surface area contributed by atoms with Crippen molar-refractivity contribution >= 4 is 22.6 Å². The van der Waals surface area contributed by atoms with Crippen LogP contribution in [0.5, 0.6) is 0 Å². The molecule has 1 saturated heterocycles. The zero-order valence-corrected chi connectivity index (χ0v) is 13.2. The second-order valence-corrected chi connectivity index (χ2v) is 6.05. The standard InChI is InChI=1S/C16H22N4O3/c1-23-10-11-4-6-20(9-11)7-5-15(21)17-12-2-3-13-14(8-12)19-16(22)18-13/h2-3,8,11H,4-7,9-10H2,1H3,(H,17,21)(H2,18,19,22)/t11-/m0/s1. The summed E-state index contributed by atoms with van der Waals surface area (Å²) in [6.45, 7) is 3.57. The first-order chi connectivity index (χ1) is 11.1. The van der Waals surface area contributed by atoms with E-state index in [1.165, 1.54) is 0 Å². The van der Waals surface area contributed by atoms with Gasteiger partial charge in [0.05, 0.1) is 17.6 Å². The Balaban J connectivity index is 1.49. The summed E-state index contributed by atoms with van der Waals surface area (Å²) in [5, 5.41) is 2.88. The molecule has 0 bridgehead atoms. The number of ether oxygens (including phenoxy) is 1. The van der Waals surface area contributed by atoms with Gasteiger partial charge in [-0.1, -0.05) is 0 Å². The fraction of sp³-hybridized carbons (Fsp3) is 0.500. The van der Waals surface area contributed by atoms with Gasteiger partial charge >= 0.3 is 5.69 Å². The number of hydrogen-bond donors (Lipinski definition) is 3. The topological polar surface area (TPSA) is 90.2 Å². The molecule has 0 saturated carbocycles.